The average Bonchev–Trinajstić information content (AvgIpc) is 2.65. The number of thiocarbonyl (C=S) groups is 1. The van der Waals surface area contributed by atoms with Gasteiger partial charge in [0, 0.05) is 11.1 Å². The molecule has 0 aromatic heterocycles. The van der Waals surface area contributed by atoms with Crippen LogP contribution >= 0.6 is 35.4 Å². The Morgan fingerprint density at radius 2 is 1.82 bits per heavy atom. The maximum absolute atomic E-state index is 11.8. The number of benzene rings is 2. The van der Waals surface area contributed by atoms with Crippen molar-refractivity contribution in [3.05, 3.63) is 69.7 Å². The summed E-state index contributed by atoms with van der Waals surface area (Å²) in [6, 6.07) is 12.3. The van der Waals surface area contributed by atoms with Gasteiger partial charge < -0.3 is 4.74 Å². The molecule has 3 N–H and O–H groups in total. The predicted octanol–water partition coefficient (Wildman–Crippen LogP) is 3.42. The third-order valence-electron chi connectivity index (χ3n) is 3.31. The molecule has 0 radical (unpaired) electrons. The lowest BCUT2D eigenvalue weighted by Gasteiger charge is -2.11. The van der Waals surface area contributed by atoms with Crippen molar-refractivity contribution in [2.75, 3.05) is 6.61 Å². The van der Waals surface area contributed by atoms with Crippen LogP contribution in [0.25, 0.3) is 6.08 Å². The normalized spacial score (nSPS) is 10.4. The van der Waals surface area contributed by atoms with Gasteiger partial charge in [0.15, 0.2) is 11.7 Å². The number of rotatable bonds is 5. The largest absolute Gasteiger partial charge is 0.482 e. The highest BCUT2D eigenvalue weighted by atomic mass is 35.5. The van der Waals surface area contributed by atoms with Gasteiger partial charge in [-0.3, -0.25) is 25.8 Å². The van der Waals surface area contributed by atoms with Gasteiger partial charge in [-0.2, -0.15) is 0 Å². The van der Waals surface area contributed by atoms with Crippen LogP contribution in [0.1, 0.15) is 11.1 Å². The molecule has 0 bridgehead atoms. The van der Waals surface area contributed by atoms with Gasteiger partial charge in [-0.1, -0.05) is 53.0 Å². The summed E-state index contributed by atoms with van der Waals surface area (Å²) < 4.78 is 5.28. The summed E-state index contributed by atoms with van der Waals surface area (Å²) in [5.74, 6) is -0.632. The molecule has 2 rings (SSSR count). The molecule has 0 atom stereocenters. The summed E-state index contributed by atoms with van der Waals surface area (Å²) >= 11 is 16.7. The molecule has 0 unspecified atom stereocenters. The third-order valence-corrected chi connectivity index (χ3v) is 4.04. The Balaban J connectivity index is 1.71. The van der Waals surface area contributed by atoms with Crippen molar-refractivity contribution < 1.29 is 14.3 Å². The SMILES string of the molecule is Cc1ccc(C=CC(=O)NC(=S)NNC(=O)COc2ccc(Cl)cc2Cl)cc1. The Labute approximate surface area is 177 Å². The van der Waals surface area contributed by atoms with Gasteiger partial charge in [0.05, 0.1) is 5.02 Å². The first-order valence-electron chi connectivity index (χ1n) is 8.06. The van der Waals surface area contributed by atoms with Crippen LogP contribution in [-0.4, -0.2) is 23.5 Å². The molecule has 0 saturated carbocycles. The van der Waals surface area contributed by atoms with Crippen molar-refractivity contribution in [2.24, 2.45) is 0 Å². The van der Waals surface area contributed by atoms with E-state index in [2.05, 4.69) is 16.2 Å². The summed E-state index contributed by atoms with van der Waals surface area (Å²) in [4.78, 5) is 23.6. The molecule has 9 heteroatoms. The molecule has 6 nitrogen and oxygen atoms in total. The van der Waals surface area contributed by atoms with Gasteiger partial charge in [-0.05, 0) is 49.0 Å². The molecule has 2 aromatic carbocycles. The van der Waals surface area contributed by atoms with E-state index in [-0.39, 0.29) is 16.7 Å². The van der Waals surface area contributed by atoms with Crippen molar-refractivity contribution in [3.63, 3.8) is 0 Å². The fraction of sp³-hybridized carbons (Fsp3) is 0.105. The molecule has 0 aliphatic heterocycles. The van der Waals surface area contributed by atoms with Crippen LogP contribution in [0.3, 0.4) is 0 Å². The van der Waals surface area contributed by atoms with Crippen LogP contribution in [0, 0.1) is 6.92 Å². The fourth-order valence-electron chi connectivity index (χ4n) is 1.93. The number of carbonyl (C=O) groups excluding carboxylic acids is 2. The van der Waals surface area contributed by atoms with Crippen LogP contribution in [0.4, 0.5) is 0 Å². The highest BCUT2D eigenvalue weighted by molar-refractivity contribution is 7.80. The molecule has 0 aliphatic rings. The Kier molecular flexibility index (Phi) is 8.25. The number of nitrogens with one attached hydrogen (secondary N) is 3. The minimum absolute atomic E-state index is 0.0589. The second kappa shape index (κ2) is 10.7. The summed E-state index contributed by atoms with van der Waals surface area (Å²) in [5, 5.41) is 3.10. The molecule has 0 spiro atoms. The van der Waals surface area contributed by atoms with E-state index >= 15 is 0 Å². The second-order valence-electron chi connectivity index (χ2n) is 5.60. The smallest absolute Gasteiger partial charge is 0.276 e. The van der Waals surface area contributed by atoms with Gasteiger partial charge in [-0.15, -0.1) is 0 Å². The van der Waals surface area contributed by atoms with E-state index in [0.717, 1.165) is 11.1 Å². The highest BCUT2D eigenvalue weighted by Gasteiger charge is 2.07. The first-order chi connectivity index (χ1) is 13.3. The summed E-state index contributed by atoms with van der Waals surface area (Å²) in [5.41, 5.74) is 6.73. The number of hydrogen-bond donors (Lipinski definition) is 3. The zero-order valence-electron chi connectivity index (χ0n) is 14.8. The number of ether oxygens (including phenoxy) is 1. The van der Waals surface area contributed by atoms with Gasteiger partial charge in [-0.25, -0.2) is 0 Å². The van der Waals surface area contributed by atoms with Gasteiger partial charge >= 0.3 is 0 Å². The molecule has 0 fully saturated rings. The predicted molar refractivity (Wildman–Crippen MR) is 114 cm³/mol. The van der Waals surface area contributed by atoms with Crippen LogP contribution in [0.2, 0.25) is 10.0 Å². The molecule has 2 amide bonds. The van der Waals surface area contributed by atoms with E-state index in [9.17, 15) is 9.59 Å². The molecule has 146 valence electrons. The second-order valence-corrected chi connectivity index (χ2v) is 6.85. The monoisotopic (exact) mass is 437 g/mol. The van der Waals surface area contributed by atoms with Crippen molar-refractivity contribution >= 4 is 58.4 Å². The lowest BCUT2D eigenvalue weighted by Crippen LogP contribution is -2.49. The Morgan fingerprint density at radius 1 is 1.11 bits per heavy atom. The lowest BCUT2D eigenvalue weighted by molar-refractivity contribution is -0.123. The molecular formula is C19H17Cl2N3O3S. The number of carbonyl (C=O) groups is 2. The highest BCUT2D eigenvalue weighted by Crippen LogP contribution is 2.27. The van der Waals surface area contributed by atoms with E-state index < -0.39 is 11.8 Å². The lowest BCUT2D eigenvalue weighted by atomic mass is 10.1. The van der Waals surface area contributed by atoms with Crippen LogP contribution in [0.5, 0.6) is 5.75 Å². The van der Waals surface area contributed by atoms with Crippen molar-refractivity contribution in [3.8, 4) is 5.75 Å². The van der Waals surface area contributed by atoms with Crippen molar-refractivity contribution in [2.45, 2.75) is 6.92 Å². The first kappa shape index (κ1) is 21.7. The van der Waals surface area contributed by atoms with E-state index in [4.69, 9.17) is 40.2 Å². The van der Waals surface area contributed by atoms with Gasteiger partial charge in [0.25, 0.3) is 5.91 Å². The fourth-order valence-corrected chi connectivity index (χ4v) is 2.55. The molecule has 0 aliphatic carbocycles. The minimum atomic E-state index is -0.516. The zero-order valence-corrected chi connectivity index (χ0v) is 17.1. The molecular weight excluding hydrogens is 421 g/mol. The summed E-state index contributed by atoms with van der Waals surface area (Å²) in [7, 11) is 0. The Hall–Kier alpha value is -2.61. The van der Waals surface area contributed by atoms with E-state index in [1.165, 1.54) is 12.1 Å². The van der Waals surface area contributed by atoms with E-state index in [1.807, 2.05) is 31.2 Å². The van der Waals surface area contributed by atoms with Crippen LogP contribution in [-0.2, 0) is 9.59 Å². The molecule has 2 aromatic rings. The molecule has 28 heavy (non-hydrogen) atoms. The quantitative estimate of drug-likeness (QED) is 0.379. The summed E-state index contributed by atoms with van der Waals surface area (Å²) in [6.45, 7) is 1.67. The molecule has 0 heterocycles. The zero-order chi connectivity index (χ0) is 20.5. The summed E-state index contributed by atoms with van der Waals surface area (Å²) in [6.07, 6.45) is 2.99. The Bertz CT molecular complexity index is 902. The third kappa shape index (κ3) is 7.56. The number of aryl methyl sites for hydroxylation is 1. The van der Waals surface area contributed by atoms with Crippen LogP contribution in [0.15, 0.2) is 48.5 Å². The standard InChI is InChI=1S/C19H17Cl2N3O3S/c1-12-2-4-13(5-3-12)6-9-17(25)22-19(28)24-23-18(26)11-27-16-8-7-14(20)10-15(16)21/h2-10H,11H2,1H3,(H,23,26)(H2,22,24,25,28). The number of halogens is 2. The number of hydrazine groups is 1. The van der Waals surface area contributed by atoms with E-state index in [0.29, 0.717) is 10.8 Å². The van der Waals surface area contributed by atoms with Gasteiger partial charge in [0.2, 0.25) is 5.91 Å². The molecule has 0 saturated heterocycles. The van der Waals surface area contributed by atoms with E-state index in [1.54, 1.807) is 18.2 Å². The van der Waals surface area contributed by atoms with Crippen molar-refractivity contribution in [1.82, 2.24) is 16.2 Å². The minimum Gasteiger partial charge on any atom is -0.482 e. The maximum Gasteiger partial charge on any atom is 0.276 e. The van der Waals surface area contributed by atoms with Gasteiger partial charge in [0.1, 0.15) is 5.75 Å². The van der Waals surface area contributed by atoms with Crippen molar-refractivity contribution in [1.29, 1.82) is 0 Å². The Morgan fingerprint density at radius 3 is 2.50 bits per heavy atom. The average molecular weight is 438 g/mol. The van der Waals surface area contributed by atoms with Crippen LogP contribution < -0.4 is 20.9 Å². The number of hydrogen-bond acceptors (Lipinski definition) is 4. The number of amides is 2. The topological polar surface area (TPSA) is 79.5 Å². The maximum atomic E-state index is 11.8. The first-order valence-corrected chi connectivity index (χ1v) is 9.22.